The molecule has 0 aliphatic carbocycles. The molecule has 0 spiro atoms. The lowest BCUT2D eigenvalue weighted by molar-refractivity contribution is 0.171. The summed E-state index contributed by atoms with van der Waals surface area (Å²) in [6.07, 6.45) is 1.10. The largest absolute Gasteiger partial charge is 0.486 e. The molecule has 112 valence electrons. The van der Waals surface area contributed by atoms with Gasteiger partial charge in [-0.05, 0) is 52.7 Å². The molecule has 0 fully saturated rings. The maximum absolute atomic E-state index is 5.70. The first-order valence-corrected chi connectivity index (χ1v) is 8.82. The number of ether oxygens (including phenoxy) is 2. The monoisotopic (exact) mass is 367 g/mol. The molecule has 2 aromatic rings. The van der Waals surface area contributed by atoms with E-state index < -0.39 is 0 Å². The minimum absolute atomic E-state index is 0.192. The van der Waals surface area contributed by atoms with E-state index in [0.29, 0.717) is 13.2 Å². The first kappa shape index (κ1) is 14.9. The molecule has 21 heavy (non-hydrogen) atoms. The van der Waals surface area contributed by atoms with E-state index in [1.165, 1.54) is 10.4 Å². The predicted molar refractivity (Wildman–Crippen MR) is 89.6 cm³/mol. The van der Waals surface area contributed by atoms with Crippen molar-refractivity contribution in [2.24, 2.45) is 0 Å². The molecule has 3 rings (SSSR count). The molecule has 1 aromatic carbocycles. The summed E-state index contributed by atoms with van der Waals surface area (Å²) < 4.78 is 12.4. The number of nitrogens with one attached hydrogen (secondary N) is 1. The molecule has 1 N–H and O–H groups in total. The molecular formula is C16H18BrNO2S. The molecule has 0 radical (unpaired) electrons. The van der Waals surface area contributed by atoms with E-state index >= 15 is 0 Å². The third kappa shape index (κ3) is 3.42. The van der Waals surface area contributed by atoms with E-state index in [0.717, 1.165) is 28.9 Å². The van der Waals surface area contributed by atoms with Crippen LogP contribution in [0.3, 0.4) is 0 Å². The molecule has 1 aliphatic heterocycles. The first-order chi connectivity index (χ1) is 10.3. The number of hydrogen-bond donors (Lipinski definition) is 1. The van der Waals surface area contributed by atoms with Crippen LogP contribution in [0.25, 0.3) is 0 Å². The SMILES string of the molecule is CCCNC(c1ccc2c(c1)OCCO2)c1cc(Br)cs1. The Bertz CT molecular complexity index is 614. The molecule has 1 aliphatic rings. The van der Waals surface area contributed by atoms with Crippen LogP contribution in [0, 0.1) is 0 Å². The number of fused-ring (bicyclic) bond motifs is 1. The number of halogens is 1. The van der Waals surface area contributed by atoms with Gasteiger partial charge < -0.3 is 14.8 Å². The molecule has 5 heteroatoms. The molecule has 0 amide bonds. The van der Waals surface area contributed by atoms with Gasteiger partial charge in [-0.2, -0.15) is 0 Å². The highest BCUT2D eigenvalue weighted by molar-refractivity contribution is 9.10. The van der Waals surface area contributed by atoms with Gasteiger partial charge in [0.2, 0.25) is 0 Å². The summed E-state index contributed by atoms with van der Waals surface area (Å²) in [6.45, 7) is 4.41. The highest BCUT2D eigenvalue weighted by Crippen LogP contribution is 2.36. The Balaban J connectivity index is 1.92. The number of thiophene rings is 1. The average molecular weight is 368 g/mol. The quantitative estimate of drug-likeness (QED) is 0.850. The molecule has 0 saturated carbocycles. The number of benzene rings is 1. The summed E-state index contributed by atoms with van der Waals surface area (Å²) >= 11 is 5.30. The smallest absolute Gasteiger partial charge is 0.161 e. The summed E-state index contributed by atoms with van der Waals surface area (Å²) in [4.78, 5) is 1.30. The molecule has 1 unspecified atom stereocenters. The molecule has 0 saturated heterocycles. The fraction of sp³-hybridized carbons (Fsp3) is 0.375. The van der Waals surface area contributed by atoms with E-state index in [1.54, 1.807) is 11.3 Å². The second-order valence-corrected chi connectivity index (χ2v) is 6.82. The third-order valence-corrected chi connectivity index (χ3v) is 5.13. The molecular weight excluding hydrogens is 350 g/mol. The predicted octanol–water partition coefficient (Wildman–Crippen LogP) is 4.37. The van der Waals surface area contributed by atoms with Gasteiger partial charge in [-0.15, -0.1) is 11.3 Å². The van der Waals surface area contributed by atoms with Crippen LogP contribution in [0.15, 0.2) is 34.1 Å². The number of hydrogen-bond acceptors (Lipinski definition) is 4. The van der Waals surface area contributed by atoms with Crippen molar-refractivity contribution in [3.8, 4) is 11.5 Å². The van der Waals surface area contributed by atoms with Gasteiger partial charge >= 0.3 is 0 Å². The standard InChI is InChI=1S/C16H18BrNO2S/c1-2-5-18-16(15-9-12(17)10-21-15)11-3-4-13-14(8-11)20-7-6-19-13/h3-4,8-10,16,18H,2,5-7H2,1H3. The van der Waals surface area contributed by atoms with Gasteiger partial charge in [-0.25, -0.2) is 0 Å². The zero-order valence-corrected chi connectivity index (χ0v) is 14.3. The number of rotatable bonds is 5. The fourth-order valence-corrected chi connectivity index (χ4v) is 3.94. The summed E-state index contributed by atoms with van der Waals surface area (Å²) in [5.41, 5.74) is 1.21. The Morgan fingerprint density at radius 3 is 2.76 bits per heavy atom. The van der Waals surface area contributed by atoms with Gasteiger partial charge in [0.15, 0.2) is 11.5 Å². The summed E-state index contributed by atoms with van der Waals surface area (Å²) in [6, 6.07) is 8.59. The van der Waals surface area contributed by atoms with Crippen LogP contribution in [0.5, 0.6) is 11.5 Å². The minimum Gasteiger partial charge on any atom is -0.486 e. The van der Waals surface area contributed by atoms with Crippen molar-refractivity contribution in [3.63, 3.8) is 0 Å². The van der Waals surface area contributed by atoms with Crippen LogP contribution in [0.2, 0.25) is 0 Å². The maximum atomic E-state index is 5.70. The second-order valence-electron chi connectivity index (χ2n) is 4.96. The van der Waals surface area contributed by atoms with Crippen LogP contribution in [0.4, 0.5) is 0 Å². The second kappa shape index (κ2) is 6.81. The van der Waals surface area contributed by atoms with E-state index in [4.69, 9.17) is 9.47 Å². The van der Waals surface area contributed by atoms with Crippen molar-refractivity contribution >= 4 is 27.3 Å². The Labute approximate surface area is 137 Å². The zero-order valence-electron chi connectivity index (χ0n) is 11.9. The van der Waals surface area contributed by atoms with Crippen molar-refractivity contribution in [1.82, 2.24) is 5.32 Å². The van der Waals surface area contributed by atoms with Gasteiger partial charge in [0.05, 0.1) is 6.04 Å². The average Bonchev–Trinajstić information content (AvgIpc) is 2.94. The topological polar surface area (TPSA) is 30.5 Å². The molecule has 0 bridgehead atoms. The van der Waals surface area contributed by atoms with Gasteiger partial charge in [0.1, 0.15) is 13.2 Å². The van der Waals surface area contributed by atoms with Crippen LogP contribution in [-0.4, -0.2) is 19.8 Å². The van der Waals surface area contributed by atoms with Gasteiger partial charge in [-0.1, -0.05) is 13.0 Å². The lowest BCUT2D eigenvalue weighted by Crippen LogP contribution is -2.23. The van der Waals surface area contributed by atoms with E-state index in [1.807, 2.05) is 6.07 Å². The van der Waals surface area contributed by atoms with Gasteiger partial charge in [-0.3, -0.25) is 0 Å². The van der Waals surface area contributed by atoms with Crippen LogP contribution in [0.1, 0.15) is 29.8 Å². The highest BCUT2D eigenvalue weighted by atomic mass is 79.9. The molecule has 3 nitrogen and oxygen atoms in total. The summed E-state index contributed by atoms with van der Waals surface area (Å²) in [5.74, 6) is 1.68. The maximum Gasteiger partial charge on any atom is 0.161 e. The van der Waals surface area contributed by atoms with Gasteiger partial charge in [0, 0.05) is 14.7 Å². The lowest BCUT2D eigenvalue weighted by atomic mass is 10.0. The molecule has 1 aromatic heterocycles. The zero-order chi connectivity index (χ0) is 14.7. The minimum atomic E-state index is 0.192. The Hall–Kier alpha value is -1.04. The van der Waals surface area contributed by atoms with E-state index in [9.17, 15) is 0 Å². The van der Waals surface area contributed by atoms with Crippen molar-refractivity contribution in [2.75, 3.05) is 19.8 Å². The summed E-state index contributed by atoms with van der Waals surface area (Å²) in [7, 11) is 0. The third-order valence-electron chi connectivity index (χ3n) is 3.37. The first-order valence-electron chi connectivity index (χ1n) is 7.15. The van der Waals surface area contributed by atoms with Crippen LogP contribution in [-0.2, 0) is 0 Å². The Kier molecular flexibility index (Phi) is 4.83. The Morgan fingerprint density at radius 1 is 1.24 bits per heavy atom. The lowest BCUT2D eigenvalue weighted by Gasteiger charge is -2.22. The van der Waals surface area contributed by atoms with Crippen molar-refractivity contribution in [1.29, 1.82) is 0 Å². The Morgan fingerprint density at radius 2 is 2.05 bits per heavy atom. The fourth-order valence-electron chi connectivity index (χ4n) is 2.39. The van der Waals surface area contributed by atoms with Crippen molar-refractivity contribution < 1.29 is 9.47 Å². The van der Waals surface area contributed by atoms with Crippen LogP contribution >= 0.6 is 27.3 Å². The van der Waals surface area contributed by atoms with Gasteiger partial charge in [0.25, 0.3) is 0 Å². The molecule has 2 heterocycles. The van der Waals surface area contributed by atoms with Crippen molar-refractivity contribution in [2.45, 2.75) is 19.4 Å². The van der Waals surface area contributed by atoms with Crippen LogP contribution < -0.4 is 14.8 Å². The summed E-state index contributed by atoms with van der Waals surface area (Å²) in [5, 5.41) is 5.73. The van der Waals surface area contributed by atoms with Crippen molar-refractivity contribution in [3.05, 3.63) is 44.6 Å². The normalized spacial score (nSPS) is 15.0. The highest BCUT2D eigenvalue weighted by Gasteiger charge is 2.19. The molecule has 1 atom stereocenters. The van der Waals surface area contributed by atoms with E-state index in [-0.39, 0.29) is 6.04 Å². The van der Waals surface area contributed by atoms with E-state index in [2.05, 4.69) is 51.7 Å².